The van der Waals surface area contributed by atoms with Crippen LogP contribution in [0.1, 0.15) is 21.5 Å². The Kier molecular flexibility index (Phi) is 4.64. The van der Waals surface area contributed by atoms with E-state index in [0.717, 1.165) is 11.1 Å². The van der Waals surface area contributed by atoms with Crippen LogP contribution in [0, 0.1) is 13.8 Å². The number of piperazine rings is 1. The van der Waals surface area contributed by atoms with Crippen LogP contribution in [0.5, 0.6) is 0 Å². The quantitative estimate of drug-likeness (QED) is 0.723. The number of benzene rings is 2. The van der Waals surface area contributed by atoms with E-state index in [1.165, 1.54) is 4.31 Å². The van der Waals surface area contributed by atoms with Crippen molar-refractivity contribution in [2.45, 2.75) is 18.7 Å². The second-order valence-electron chi connectivity index (χ2n) is 6.99. The van der Waals surface area contributed by atoms with Gasteiger partial charge in [-0.2, -0.15) is 19.7 Å². The van der Waals surface area contributed by atoms with E-state index in [1.54, 1.807) is 36.1 Å². The number of H-pyrrole nitrogens is 1. The summed E-state index contributed by atoms with van der Waals surface area (Å²) in [4.78, 5) is 14.8. The van der Waals surface area contributed by atoms with E-state index < -0.39 is 10.0 Å². The van der Waals surface area contributed by atoms with Gasteiger partial charge in [0.05, 0.1) is 4.90 Å². The highest BCUT2D eigenvalue weighted by Crippen LogP contribution is 2.23. The molecule has 3 aromatic rings. The number of sulfonamides is 1. The van der Waals surface area contributed by atoms with Gasteiger partial charge in [0.2, 0.25) is 10.0 Å². The van der Waals surface area contributed by atoms with Gasteiger partial charge in [-0.1, -0.05) is 12.1 Å². The van der Waals surface area contributed by atoms with E-state index in [9.17, 15) is 13.2 Å². The van der Waals surface area contributed by atoms with Gasteiger partial charge >= 0.3 is 0 Å². The van der Waals surface area contributed by atoms with Crippen LogP contribution in [0.2, 0.25) is 0 Å². The highest BCUT2D eigenvalue weighted by atomic mass is 32.2. The molecule has 0 atom stereocenters. The molecule has 1 fully saturated rings. The monoisotopic (exact) mass is 399 g/mol. The third kappa shape index (κ3) is 3.27. The number of nitrogens with one attached hydrogen (secondary N) is 1. The first kappa shape index (κ1) is 18.6. The first-order chi connectivity index (χ1) is 13.4. The summed E-state index contributed by atoms with van der Waals surface area (Å²) in [7, 11) is -3.58. The zero-order chi connectivity index (χ0) is 19.9. The molecular weight excluding hydrogens is 378 g/mol. The van der Waals surface area contributed by atoms with E-state index in [-0.39, 0.29) is 19.0 Å². The Hall–Kier alpha value is -2.78. The summed E-state index contributed by atoms with van der Waals surface area (Å²) in [6.45, 7) is 4.91. The van der Waals surface area contributed by atoms with Crippen molar-refractivity contribution < 1.29 is 13.2 Å². The Morgan fingerprint density at radius 3 is 2.43 bits per heavy atom. The molecule has 28 heavy (non-hydrogen) atoms. The Morgan fingerprint density at radius 1 is 0.964 bits per heavy atom. The molecule has 0 aliphatic carbocycles. The third-order valence-corrected chi connectivity index (χ3v) is 7.09. The molecule has 8 nitrogen and oxygen atoms in total. The van der Waals surface area contributed by atoms with Crippen molar-refractivity contribution >= 4 is 27.0 Å². The SMILES string of the molecule is Cc1ccc(C)c(S(=O)(=O)N2CCN(C(=O)c3ccc4n[nH]nc4c3)CC2)c1. The van der Waals surface area contributed by atoms with Gasteiger partial charge in [-0.05, 0) is 49.2 Å². The average molecular weight is 399 g/mol. The molecule has 0 saturated carbocycles. The maximum atomic E-state index is 13.0. The van der Waals surface area contributed by atoms with Crippen LogP contribution in [-0.2, 0) is 10.0 Å². The number of nitrogens with zero attached hydrogens (tertiary/aromatic N) is 4. The number of aromatic nitrogens is 3. The number of rotatable bonds is 3. The largest absolute Gasteiger partial charge is 0.336 e. The molecule has 1 amide bonds. The molecule has 0 unspecified atom stereocenters. The second-order valence-corrected chi connectivity index (χ2v) is 8.90. The van der Waals surface area contributed by atoms with Crippen LogP contribution >= 0.6 is 0 Å². The molecule has 1 saturated heterocycles. The molecular formula is C19H21N5O3S. The summed E-state index contributed by atoms with van der Waals surface area (Å²) in [6.07, 6.45) is 0. The summed E-state index contributed by atoms with van der Waals surface area (Å²) >= 11 is 0. The maximum absolute atomic E-state index is 13.0. The van der Waals surface area contributed by atoms with Gasteiger partial charge in [0.1, 0.15) is 11.0 Å². The Bertz CT molecular complexity index is 1150. The van der Waals surface area contributed by atoms with Crippen molar-refractivity contribution in [3.05, 3.63) is 53.1 Å². The van der Waals surface area contributed by atoms with Gasteiger partial charge in [0.25, 0.3) is 5.91 Å². The average Bonchev–Trinajstić information content (AvgIpc) is 3.17. The van der Waals surface area contributed by atoms with Crippen LogP contribution in [0.25, 0.3) is 11.0 Å². The molecule has 146 valence electrons. The number of hydrogen-bond acceptors (Lipinski definition) is 5. The van der Waals surface area contributed by atoms with Crippen molar-refractivity contribution in [1.82, 2.24) is 24.6 Å². The second kappa shape index (κ2) is 6.99. The lowest BCUT2D eigenvalue weighted by atomic mass is 10.1. The van der Waals surface area contributed by atoms with Gasteiger partial charge in [-0.25, -0.2) is 8.42 Å². The Balaban J connectivity index is 1.49. The summed E-state index contributed by atoms with van der Waals surface area (Å²) in [5.41, 5.74) is 3.47. The van der Waals surface area contributed by atoms with Gasteiger partial charge in [0, 0.05) is 31.7 Å². The lowest BCUT2D eigenvalue weighted by molar-refractivity contribution is 0.0698. The van der Waals surface area contributed by atoms with E-state index in [4.69, 9.17) is 0 Å². The zero-order valence-corrected chi connectivity index (χ0v) is 16.5. The minimum absolute atomic E-state index is 0.131. The highest BCUT2D eigenvalue weighted by molar-refractivity contribution is 7.89. The molecule has 9 heteroatoms. The fourth-order valence-electron chi connectivity index (χ4n) is 3.41. The first-order valence-corrected chi connectivity index (χ1v) is 10.5. The van der Waals surface area contributed by atoms with Crippen molar-refractivity contribution in [1.29, 1.82) is 0 Å². The van der Waals surface area contributed by atoms with Gasteiger partial charge in [-0.15, -0.1) is 0 Å². The van der Waals surface area contributed by atoms with Crippen molar-refractivity contribution in [3.63, 3.8) is 0 Å². The number of amides is 1. The molecule has 4 rings (SSSR count). The van der Waals surface area contributed by atoms with Gasteiger partial charge < -0.3 is 4.90 Å². The number of carbonyl (C=O) groups excluding carboxylic acids is 1. The lowest BCUT2D eigenvalue weighted by Crippen LogP contribution is -2.50. The molecule has 1 aromatic heterocycles. The molecule has 0 radical (unpaired) electrons. The number of carbonyl (C=O) groups is 1. The van der Waals surface area contributed by atoms with Crippen molar-refractivity contribution in [2.24, 2.45) is 0 Å². The van der Waals surface area contributed by atoms with Crippen molar-refractivity contribution in [3.8, 4) is 0 Å². The maximum Gasteiger partial charge on any atom is 0.254 e. The summed E-state index contributed by atoms with van der Waals surface area (Å²) in [6, 6.07) is 10.6. The number of aryl methyl sites for hydroxylation is 2. The minimum atomic E-state index is -3.58. The normalized spacial score (nSPS) is 15.9. The molecule has 0 spiro atoms. The fraction of sp³-hybridized carbons (Fsp3) is 0.316. The molecule has 0 bridgehead atoms. The molecule has 2 heterocycles. The van der Waals surface area contributed by atoms with Crippen LogP contribution in [0.15, 0.2) is 41.3 Å². The predicted octanol–water partition coefficient (Wildman–Crippen LogP) is 1.72. The van der Waals surface area contributed by atoms with Gasteiger partial charge in [-0.3, -0.25) is 4.79 Å². The zero-order valence-electron chi connectivity index (χ0n) is 15.7. The smallest absolute Gasteiger partial charge is 0.254 e. The summed E-state index contributed by atoms with van der Waals surface area (Å²) in [5.74, 6) is -0.131. The number of aromatic amines is 1. The minimum Gasteiger partial charge on any atom is -0.336 e. The molecule has 1 aliphatic heterocycles. The van der Waals surface area contributed by atoms with E-state index >= 15 is 0 Å². The summed E-state index contributed by atoms with van der Waals surface area (Å²) in [5, 5.41) is 10.5. The Labute approximate surface area is 163 Å². The lowest BCUT2D eigenvalue weighted by Gasteiger charge is -2.34. The number of fused-ring (bicyclic) bond motifs is 1. The first-order valence-electron chi connectivity index (χ1n) is 9.03. The van der Waals surface area contributed by atoms with Crippen molar-refractivity contribution in [2.75, 3.05) is 26.2 Å². The molecule has 1 aliphatic rings. The predicted molar refractivity (Wildman–Crippen MR) is 104 cm³/mol. The molecule has 2 aromatic carbocycles. The molecule has 1 N–H and O–H groups in total. The van der Waals surface area contributed by atoms with Crippen LogP contribution < -0.4 is 0 Å². The van der Waals surface area contributed by atoms with E-state index in [0.29, 0.717) is 34.6 Å². The van der Waals surface area contributed by atoms with E-state index in [2.05, 4.69) is 15.4 Å². The highest BCUT2D eigenvalue weighted by Gasteiger charge is 2.31. The number of hydrogen-bond donors (Lipinski definition) is 1. The topological polar surface area (TPSA) is 99.3 Å². The standard InChI is InChI=1S/C19H21N5O3S/c1-13-3-4-14(2)18(11-13)28(26,27)24-9-7-23(8-10-24)19(25)15-5-6-16-17(12-15)21-22-20-16/h3-6,11-12H,7-10H2,1-2H3,(H,20,21,22). The third-order valence-electron chi connectivity index (χ3n) is 5.05. The van der Waals surface area contributed by atoms with Crippen LogP contribution in [0.4, 0.5) is 0 Å². The van der Waals surface area contributed by atoms with Crippen LogP contribution in [0.3, 0.4) is 0 Å². The fourth-order valence-corrected chi connectivity index (χ4v) is 5.14. The van der Waals surface area contributed by atoms with Crippen LogP contribution in [-0.4, -0.2) is 65.1 Å². The van der Waals surface area contributed by atoms with E-state index in [1.807, 2.05) is 19.1 Å². The summed E-state index contributed by atoms with van der Waals surface area (Å²) < 4.78 is 27.5. The van der Waals surface area contributed by atoms with Gasteiger partial charge in [0.15, 0.2) is 0 Å². The Morgan fingerprint density at radius 2 is 1.68 bits per heavy atom.